The molecule has 1 unspecified atom stereocenters. The molecule has 0 aliphatic heterocycles. The number of aromatic nitrogens is 2. The lowest BCUT2D eigenvalue weighted by Crippen LogP contribution is -2.04. The number of hydrogen-bond donors (Lipinski definition) is 3. The van der Waals surface area contributed by atoms with Gasteiger partial charge in [0, 0.05) is 18.3 Å². The zero-order valence-corrected chi connectivity index (χ0v) is 10.5. The van der Waals surface area contributed by atoms with Gasteiger partial charge in [-0.05, 0) is 25.1 Å². The Labute approximate surface area is 109 Å². The molecule has 100 valence electrons. The minimum absolute atomic E-state index is 0.141. The fourth-order valence-electron chi connectivity index (χ4n) is 1.55. The SMILES string of the molecule is CNc1cc(C(=O)O)cc(-c2nnc(C(C)N)o2)c1. The summed E-state index contributed by atoms with van der Waals surface area (Å²) in [7, 11) is 1.70. The van der Waals surface area contributed by atoms with Crippen molar-refractivity contribution in [3.05, 3.63) is 29.7 Å². The Morgan fingerprint density at radius 2 is 2.16 bits per heavy atom. The Morgan fingerprint density at radius 1 is 1.42 bits per heavy atom. The summed E-state index contributed by atoms with van der Waals surface area (Å²) in [6.07, 6.45) is 0. The Morgan fingerprint density at radius 3 is 2.68 bits per heavy atom. The number of benzene rings is 1. The van der Waals surface area contributed by atoms with Crippen LogP contribution in [0.2, 0.25) is 0 Å². The van der Waals surface area contributed by atoms with Gasteiger partial charge in [0.1, 0.15) is 0 Å². The molecule has 7 heteroatoms. The third-order valence-electron chi connectivity index (χ3n) is 2.55. The van der Waals surface area contributed by atoms with Crippen LogP contribution in [0.15, 0.2) is 22.6 Å². The van der Waals surface area contributed by atoms with Gasteiger partial charge in [-0.2, -0.15) is 0 Å². The molecule has 0 amide bonds. The second-order valence-electron chi connectivity index (χ2n) is 4.09. The number of nitrogens with one attached hydrogen (secondary N) is 1. The van der Waals surface area contributed by atoms with E-state index in [0.717, 1.165) is 0 Å². The second-order valence-corrected chi connectivity index (χ2v) is 4.09. The van der Waals surface area contributed by atoms with E-state index in [-0.39, 0.29) is 17.5 Å². The second kappa shape index (κ2) is 5.07. The maximum Gasteiger partial charge on any atom is 0.335 e. The lowest BCUT2D eigenvalue weighted by atomic mass is 10.1. The van der Waals surface area contributed by atoms with Gasteiger partial charge in [-0.1, -0.05) is 0 Å². The molecule has 0 saturated heterocycles. The normalized spacial score (nSPS) is 12.2. The van der Waals surface area contributed by atoms with Gasteiger partial charge in [0.15, 0.2) is 0 Å². The van der Waals surface area contributed by atoms with Gasteiger partial charge in [0.25, 0.3) is 0 Å². The summed E-state index contributed by atoms with van der Waals surface area (Å²) >= 11 is 0. The maximum absolute atomic E-state index is 11.1. The lowest BCUT2D eigenvalue weighted by Gasteiger charge is -2.04. The van der Waals surface area contributed by atoms with Crippen LogP contribution >= 0.6 is 0 Å². The fourth-order valence-corrected chi connectivity index (χ4v) is 1.55. The topological polar surface area (TPSA) is 114 Å². The smallest absolute Gasteiger partial charge is 0.335 e. The van der Waals surface area contributed by atoms with Crippen molar-refractivity contribution in [2.45, 2.75) is 13.0 Å². The molecule has 19 heavy (non-hydrogen) atoms. The molecule has 0 aliphatic carbocycles. The van der Waals surface area contributed by atoms with E-state index in [4.69, 9.17) is 15.3 Å². The number of nitrogens with zero attached hydrogens (tertiary/aromatic N) is 2. The van der Waals surface area contributed by atoms with Crippen molar-refractivity contribution < 1.29 is 14.3 Å². The fraction of sp³-hybridized carbons (Fsp3) is 0.250. The summed E-state index contributed by atoms with van der Waals surface area (Å²) in [5, 5.41) is 19.6. The predicted octanol–water partition coefficient (Wildman–Crippen LogP) is 1.50. The van der Waals surface area contributed by atoms with E-state index >= 15 is 0 Å². The molecule has 1 heterocycles. The molecule has 0 radical (unpaired) electrons. The Kier molecular flexibility index (Phi) is 3.48. The van der Waals surface area contributed by atoms with Crippen LogP contribution < -0.4 is 11.1 Å². The van der Waals surface area contributed by atoms with Gasteiger partial charge in [0.05, 0.1) is 11.6 Å². The summed E-state index contributed by atoms with van der Waals surface area (Å²) in [5.74, 6) is -0.473. The summed E-state index contributed by atoms with van der Waals surface area (Å²) in [4.78, 5) is 11.1. The monoisotopic (exact) mass is 262 g/mol. The van der Waals surface area contributed by atoms with E-state index < -0.39 is 5.97 Å². The van der Waals surface area contributed by atoms with Crippen LogP contribution in [0, 0.1) is 0 Å². The molecule has 0 saturated carbocycles. The molecule has 4 N–H and O–H groups in total. The Balaban J connectivity index is 2.48. The molecule has 7 nitrogen and oxygen atoms in total. The largest absolute Gasteiger partial charge is 0.478 e. The Bertz CT molecular complexity index is 607. The maximum atomic E-state index is 11.1. The first-order valence-electron chi connectivity index (χ1n) is 5.66. The lowest BCUT2D eigenvalue weighted by molar-refractivity contribution is 0.0697. The number of rotatable bonds is 4. The molecule has 0 aliphatic rings. The van der Waals surface area contributed by atoms with E-state index in [1.54, 1.807) is 20.0 Å². The van der Waals surface area contributed by atoms with Gasteiger partial charge >= 0.3 is 5.97 Å². The zero-order valence-electron chi connectivity index (χ0n) is 10.5. The molecule has 0 bridgehead atoms. The van der Waals surface area contributed by atoms with Crippen LogP contribution in [0.1, 0.15) is 29.2 Å². The first-order chi connectivity index (χ1) is 9.01. The average Bonchev–Trinajstić information content (AvgIpc) is 2.87. The van der Waals surface area contributed by atoms with Gasteiger partial charge in [-0.3, -0.25) is 0 Å². The van der Waals surface area contributed by atoms with Crippen molar-refractivity contribution in [1.29, 1.82) is 0 Å². The molecule has 1 atom stereocenters. The molecule has 2 aromatic rings. The van der Waals surface area contributed by atoms with Gasteiger partial charge in [-0.15, -0.1) is 10.2 Å². The summed E-state index contributed by atoms with van der Waals surface area (Å²) in [5.41, 5.74) is 6.96. The first kappa shape index (κ1) is 13.0. The van der Waals surface area contributed by atoms with Crippen molar-refractivity contribution in [2.75, 3.05) is 12.4 Å². The van der Waals surface area contributed by atoms with Crippen LogP contribution in [0.5, 0.6) is 0 Å². The van der Waals surface area contributed by atoms with E-state index in [9.17, 15) is 4.79 Å². The molecule has 2 rings (SSSR count). The highest BCUT2D eigenvalue weighted by atomic mass is 16.4. The summed E-state index contributed by atoms with van der Waals surface area (Å²) in [6, 6.07) is 4.36. The Hall–Kier alpha value is -2.41. The number of carboxylic acid groups (broad SMARTS) is 1. The first-order valence-corrected chi connectivity index (χ1v) is 5.66. The van der Waals surface area contributed by atoms with E-state index in [1.807, 2.05) is 0 Å². The van der Waals surface area contributed by atoms with Gasteiger partial charge in [-0.25, -0.2) is 4.79 Å². The molecule has 0 spiro atoms. The van der Waals surface area contributed by atoms with E-state index in [2.05, 4.69) is 15.5 Å². The van der Waals surface area contributed by atoms with Gasteiger partial charge in [0.2, 0.25) is 11.8 Å². The zero-order chi connectivity index (χ0) is 14.0. The van der Waals surface area contributed by atoms with E-state index in [0.29, 0.717) is 17.1 Å². The van der Waals surface area contributed by atoms with Crippen molar-refractivity contribution in [2.24, 2.45) is 5.73 Å². The number of carboxylic acids is 1. The molecule has 1 aromatic carbocycles. The third kappa shape index (κ3) is 2.71. The molecule has 0 fully saturated rings. The summed E-state index contributed by atoms with van der Waals surface area (Å²) < 4.78 is 5.40. The number of aromatic carboxylic acids is 1. The molecular weight excluding hydrogens is 248 g/mol. The van der Waals surface area contributed by atoms with Crippen molar-refractivity contribution in [1.82, 2.24) is 10.2 Å². The quantitative estimate of drug-likeness (QED) is 0.764. The minimum Gasteiger partial charge on any atom is -0.478 e. The third-order valence-corrected chi connectivity index (χ3v) is 2.55. The van der Waals surface area contributed by atoms with E-state index in [1.165, 1.54) is 12.1 Å². The van der Waals surface area contributed by atoms with Crippen LogP contribution in [0.25, 0.3) is 11.5 Å². The van der Waals surface area contributed by atoms with Crippen LogP contribution in [0.3, 0.4) is 0 Å². The van der Waals surface area contributed by atoms with Crippen molar-refractivity contribution >= 4 is 11.7 Å². The highest BCUT2D eigenvalue weighted by molar-refractivity contribution is 5.90. The summed E-state index contributed by atoms with van der Waals surface area (Å²) in [6.45, 7) is 1.73. The van der Waals surface area contributed by atoms with Crippen LogP contribution in [-0.2, 0) is 0 Å². The number of anilines is 1. The van der Waals surface area contributed by atoms with Crippen molar-refractivity contribution in [3.8, 4) is 11.5 Å². The predicted molar refractivity (Wildman–Crippen MR) is 68.8 cm³/mol. The molecule has 1 aromatic heterocycles. The van der Waals surface area contributed by atoms with Crippen LogP contribution in [0.4, 0.5) is 5.69 Å². The van der Waals surface area contributed by atoms with Crippen LogP contribution in [-0.4, -0.2) is 28.3 Å². The standard InChI is InChI=1S/C12H14N4O3/c1-6(13)10-15-16-11(19-10)7-3-8(12(17)18)5-9(4-7)14-2/h3-6,14H,13H2,1-2H3,(H,17,18). The number of carbonyl (C=O) groups is 1. The highest BCUT2D eigenvalue weighted by Crippen LogP contribution is 2.25. The number of nitrogens with two attached hydrogens (primary N) is 1. The highest BCUT2D eigenvalue weighted by Gasteiger charge is 2.14. The minimum atomic E-state index is -1.02. The van der Waals surface area contributed by atoms with Gasteiger partial charge < -0.3 is 20.6 Å². The molecular formula is C12H14N4O3. The van der Waals surface area contributed by atoms with Crippen molar-refractivity contribution in [3.63, 3.8) is 0 Å². The average molecular weight is 262 g/mol. The number of hydrogen-bond acceptors (Lipinski definition) is 6.